The predicted octanol–water partition coefficient (Wildman–Crippen LogP) is 2.57. The van der Waals surface area contributed by atoms with Crippen molar-refractivity contribution in [1.82, 2.24) is 0 Å². The maximum Gasteiger partial charge on any atom is 0.197 e. The molecule has 2 aliphatic carbocycles. The Morgan fingerprint density at radius 2 is 1.79 bits per heavy atom. The molecule has 3 nitrogen and oxygen atoms in total. The highest BCUT2D eigenvalue weighted by molar-refractivity contribution is 7.93. The minimum Gasteiger partial charge on any atom is -0.222 e. The lowest BCUT2D eigenvalue weighted by molar-refractivity contribution is 0.238. The third kappa shape index (κ3) is 1.61. The molecule has 100 valence electrons. The van der Waals surface area contributed by atoms with Crippen LogP contribution in [0.3, 0.4) is 0 Å². The van der Waals surface area contributed by atoms with Gasteiger partial charge in [-0.1, -0.05) is 0 Å². The van der Waals surface area contributed by atoms with E-state index in [1.807, 2.05) is 6.07 Å². The second-order valence-corrected chi connectivity index (χ2v) is 7.80. The van der Waals surface area contributed by atoms with E-state index < -0.39 is 26.2 Å². The number of benzene rings is 1. The molecule has 1 spiro atoms. The molecule has 2 saturated carbocycles. The largest absolute Gasteiger partial charge is 0.222 e. The lowest BCUT2D eigenvalue weighted by Crippen LogP contribution is -2.50. The fourth-order valence-corrected chi connectivity index (χ4v) is 4.96. The van der Waals surface area contributed by atoms with Gasteiger partial charge in [-0.25, -0.2) is 17.2 Å². The van der Waals surface area contributed by atoms with Crippen LogP contribution in [0.2, 0.25) is 0 Å². The Bertz CT molecular complexity index is 694. The molecule has 1 aromatic rings. The summed E-state index contributed by atoms with van der Waals surface area (Å²) in [5, 5.41) is 9.22. The third-order valence-corrected chi connectivity index (χ3v) is 6.48. The van der Waals surface area contributed by atoms with Crippen molar-refractivity contribution in [3.05, 3.63) is 29.8 Å². The lowest BCUT2D eigenvalue weighted by atomic mass is 9.72. The number of hydrogen-bond acceptors (Lipinski definition) is 3. The molecule has 0 unspecified atom stereocenters. The molecule has 19 heavy (non-hydrogen) atoms. The summed E-state index contributed by atoms with van der Waals surface area (Å²) in [7, 11) is -3.95. The van der Waals surface area contributed by atoms with E-state index in [1.54, 1.807) is 0 Å². The van der Waals surface area contributed by atoms with Gasteiger partial charge in [0.2, 0.25) is 0 Å². The van der Waals surface area contributed by atoms with Gasteiger partial charge in [0.25, 0.3) is 0 Å². The first-order chi connectivity index (χ1) is 8.84. The molecular weight excluding hydrogens is 272 g/mol. The molecule has 0 aliphatic heterocycles. The number of hydrogen-bond donors (Lipinski definition) is 0. The van der Waals surface area contributed by atoms with Crippen LogP contribution in [0.4, 0.5) is 8.78 Å². The van der Waals surface area contributed by atoms with Gasteiger partial charge in [0.1, 0.15) is 0 Å². The molecule has 0 atom stereocenters. The van der Waals surface area contributed by atoms with Crippen molar-refractivity contribution in [1.29, 1.82) is 5.26 Å². The molecule has 1 aromatic carbocycles. The van der Waals surface area contributed by atoms with Gasteiger partial charge in [-0.05, 0) is 49.3 Å². The van der Waals surface area contributed by atoms with E-state index in [0.29, 0.717) is 18.9 Å². The van der Waals surface area contributed by atoms with Crippen molar-refractivity contribution in [3.8, 4) is 6.07 Å². The average Bonchev–Trinajstić information content (AvgIpc) is 3.10. The van der Waals surface area contributed by atoms with Gasteiger partial charge in [0.05, 0.1) is 11.0 Å². The summed E-state index contributed by atoms with van der Waals surface area (Å²) >= 11 is 0. The minimum absolute atomic E-state index is 0.0153. The van der Waals surface area contributed by atoms with Crippen molar-refractivity contribution in [2.24, 2.45) is 5.41 Å². The molecule has 0 heterocycles. The highest BCUT2D eigenvalue weighted by atomic mass is 32.2. The molecule has 2 fully saturated rings. The van der Waals surface area contributed by atoms with E-state index >= 15 is 0 Å². The molecule has 3 rings (SSSR count). The van der Waals surface area contributed by atoms with Crippen LogP contribution in [-0.4, -0.2) is 13.2 Å². The van der Waals surface area contributed by atoms with Crippen LogP contribution in [0.5, 0.6) is 0 Å². The van der Waals surface area contributed by atoms with E-state index in [2.05, 4.69) is 0 Å². The topological polar surface area (TPSA) is 57.9 Å². The summed E-state index contributed by atoms with van der Waals surface area (Å²) < 4.78 is 49.4. The van der Waals surface area contributed by atoms with E-state index in [0.717, 1.165) is 25.0 Å². The van der Waals surface area contributed by atoms with Gasteiger partial charge in [0, 0.05) is 0 Å². The maximum atomic E-state index is 13.2. The summed E-state index contributed by atoms with van der Waals surface area (Å²) in [6.07, 6.45) is 2.50. The van der Waals surface area contributed by atoms with Crippen LogP contribution in [0.25, 0.3) is 0 Å². The summed E-state index contributed by atoms with van der Waals surface area (Å²) in [6, 6.07) is 4.33. The van der Waals surface area contributed by atoms with Gasteiger partial charge in [-0.3, -0.25) is 0 Å². The average molecular weight is 283 g/mol. The van der Waals surface area contributed by atoms with Crippen LogP contribution >= 0.6 is 0 Å². The Kier molecular flexibility index (Phi) is 2.34. The van der Waals surface area contributed by atoms with Crippen molar-refractivity contribution < 1.29 is 17.2 Å². The zero-order valence-electron chi connectivity index (χ0n) is 9.99. The fourth-order valence-electron chi connectivity index (χ4n) is 2.89. The highest BCUT2D eigenvalue weighted by Crippen LogP contribution is 2.67. The minimum atomic E-state index is -3.95. The number of nitriles is 1. The van der Waals surface area contributed by atoms with Crippen LogP contribution in [0.1, 0.15) is 25.7 Å². The third-order valence-electron chi connectivity index (χ3n) is 4.20. The van der Waals surface area contributed by atoms with Crippen LogP contribution in [-0.2, 0) is 9.84 Å². The smallest absolute Gasteiger partial charge is 0.197 e. The van der Waals surface area contributed by atoms with Crippen molar-refractivity contribution in [3.63, 3.8) is 0 Å². The van der Waals surface area contributed by atoms with Crippen LogP contribution < -0.4 is 0 Å². The van der Waals surface area contributed by atoms with Crippen LogP contribution in [0, 0.1) is 28.4 Å². The molecule has 0 N–H and O–H groups in total. The molecule has 0 radical (unpaired) electrons. The van der Waals surface area contributed by atoms with E-state index in [4.69, 9.17) is 0 Å². The standard InChI is InChI=1S/C13H11F2NO2S/c14-10-2-1-9(5-11(10)15)19(17,18)13(8-16)6-12(7-13)3-4-12/h1-2,5H,3-4,6-7H2. The molecular formula is C13H11F2NO2S. The van der Waals surface area contributed by atoms with Gasteiger partial charge in [-0.15, -0.1) is 0 Å². The lowest BCUT2D eigenvalue weighted by Gasteiger charge is -2.42. The molecule has 2 aliphatic rings. The normalized spacial score (nSPS) is 22.6. The SMILES string of the molecule is N#CC1(S(=O)(=O)c2ccc(F)c(F)c2)CC2(CC2)C1. The van der Waals surface area contributed by atoms with E-state index in [9.17, 15) is 22.5 Å². The predicted molar refractivity (Wildman–Crippen MR) is 62.8 cm³/mol. The first-order valence-electron chi connectivity index (χ1n) is 5.95. The second kappa shape index (κ2) is 3.54. The Labute approximate surface area is 109 Å². The first-order valence-corrected chi connectivity index (χ1v) is 7.44. The van der Waals surface area contributed by atoms with E-state index in [1.165, 1.54) is 0 Å². The van der Waals surface area contributed by atoms with E-state index in [-0.39, 0.29) is 10.3 Å². The Hall–Kier alpha value is -1.48. The van der Waals surface area contributed by atoms with Crippen molar-refractivity contribution in [2.75, 3.05) is 0 Å². The summed E-state index contributed by atoms with van der Waals surface area (Å²) in [6.45, 7) is 0. The quantitative estimate of drug-likeness (QED) is 0.784. The maximum absolute atomic E-state index is 13.2. The van der Waals surface area contributed by atoms with Gasteiger partial charge < -0.3 is 0 Å². The molecule has 6 heteroatoms. The monoisotopic (exact) mass is 283 g/mol. The Morgan fingerprint density at radius 1 is 1.16 bits per heavy atom. The molecule has 0 bridgehead atoms. The summed E-state index contributed by atoms with van der Waals surface area (Å²) in [5.74, 6) is -2.31. The molecule has 0 saturated heterocycles. The zero-order valence-corrected chi connectivity index (χ0v) is 10.8. The van der Waals surface area contributed by atoms with Crippen molar-refractivity contribution >= 4 is 9.84 Å². The van der Waals surface area contributed by atoms with Gasteiger partial charge in [0.15, 0.2) is 26.2 Å². The molecule has 0 amide bonds. The number of sulfone groups is 1. The Morgan fingerprint density at radius 3 is 2.26 bits per heavy atom. The Balaban J connectivity index is 2.02. The van der Waals surface area contributed by atoms with Crippen LogP contribution in [0.15, 0.2) is 23.1 Å². The van der Waals surface area contributed by atoms with Gasteiger partial charge in [-0.2, -0.15) is 5.26 Å². The zero-order chi connectivity index (χ0) is 13.9. The number of rotatable bonds is 2. The summed E-state index contributed by atoms with van der Waals surface area (Å²) in [4.78, 5) is -0.316. The van der Waals surface area contributed by atoms with Gasteiger partial charge >= 0.3 is 0 Å². The fraction of sp³-hybridized carbons (Fsp3) is 0.462. The summed E-state index contributed by atoms with van der Waals surface area (Å²) in [5.41, 5.74) is 0.0153. The molecule has 0 aromatic heterocycles. The van der Waals surface area contributed by atoms with Crippen molar-refractivity contribution in [2.45, 2.75) is 35.3 Å². The number of halogens is 2. The first kappa shape index (κ1) is 12.5. The highest BCUT2D eigenvalue weighted by Gasteiger charge is 2.67. The second-order valence-electron chi connectivity index (χ2n) is 5.54. The number of nitrogens with zero attached hydrogens (tertiary/aromatic N) is 1.